The maximum atomic E-state index is 13.9. The van der Waals surface area contributed by atoms with E-state index < -0.39 is 0 Å². The Kier molecular flexibility index (Phi) is 3.01. The average Bonchev–Trinajstić information content (AvgIpc) is 2.79. The number of para-hydroxylation sites is 2. The van der Waals surface area contributed by atoms with E-state index in [1.165, 1.54) is 6.07 Å². The Labute approximate surface area is 110 Å². The predicted octanol–water partition coefficient (Wildman–Crippen LogP) is 2.80. The number of rotatable bonds is 3. The first-order valence-electron chi connectivity index (χ1n) is 6.21. The van der Waals surface area contributed by atoms with Crippen LogP contribution in [0.1, 0.15) is 0 Å². The number of nitrogens with zero attached hydrogens (tertiary/aromatic N) is 2. The van der Waals surface area contributed by atoms with Crippen molar-refractivity contribution in [3.8, 4) is 11.4 Å². The molecule has 0 aliphatic heterocycles. The molecule has 3 nitrogen and oxygen atoms in total. The van der Waals surface area contributed by atoms with Gasteiger partial charge in [0.15, 0.2) is 0 Å². The van der Waals surface area contributed by atoms with Crippen LogP contribution in [0.5, 0.6) is 0 Å². The highest BCUT2D eigenvalue weighted by Gasteiger charge is 2.14. The largest absolute Gasteiger partial charge is 0.329 e. The Balaban J connectivity index is 2.28. The van der Waals surface area contributed by atoms with E-state index in [9.17, 15) is 4.39 Å². The third-order valence-corrected chi connectivity index (χ3v) is 3.12. The monoisotopic (exact) mass is 255 g/mol. The van der Waals surface area contributed by atoms with Gasteiger partial charge in [-0.1, -0.05) is 24.3 Å². The molecule has 0 unspecified atom stereocenters. The summed E-state index contributed by atoms with van der Waals surface area (Å²) < 4.78 is 15.9. The highest BCUT2D eigenvalue weighted by atomic mass is 19.1. The zero-order valence-corrected chi connectivity index (χ0v) is 10.4. The summed E-state index contributed by atoms with van der Waals surface area (Å²) in [6.45, 7) is 1.10. The Morgan fingerprint density at radius 3 is 2.58 bits per heavy atom. The second-order valence-corrected chi connectivity index (χ2v) is 4.34. The van der Waals surface area contributed by atoms with Crippen LogP contribution in [-0.2, 0) is 6.54 Å². The number of hydrogen-bond donors (Lipinski definition) is 1. The van der Waals surface area contributed by atoms with Gasteiger partial charge in [0.25, 0.3) is 0 Å². The van der Waals surface area contributed by atoms with Gasteiger partial charge < -0.3 is 10.3 Å². The van der Waals surface area contributed by atoms with E-state index in [-0.39, 0.29) is 5.82 Å². The van der Waals surface area contributed by atoms with Gasteiger partial charge in [0.1, 0.15) is 11.6 Å². The Morgan fingerprint density at radius 1 is 1.05 bits per heavy atom. The van der Waals surface area contributed by atoms with Crippen LogP contribution in [0.3, 0.4) is 0 Å². The van der Waals surface area contributed by atoms with Crippen molar-refractivity contribution in [2.75, 3.05) is 6.54 Å². The molecule has 3 aromatic rings. The number of nitrogens with two attached hydrogens (primary N) is 1. The van der Waals surface area contributed by atoms with Crippen molar-refractivity contribution in [2.24, 2.45) is 5.73 Å². The fourth-order valence-electron chi connectivity index (χ4n) is 2.28. The number of aromatic nitrogens is 2. The minimum Gasteiger partial charge on any atom is -0.329 e. The molecular formula is C15H14FN3. The predicted molar refractivity (Wildman–Crippen MR) is 74.2 cm³/mol. The highest BCUT2D eigenvalue weighted by Crippen LogP contribution is 2.26. The Morgan fingerprint density at radius 2 is 1.79 bits per heavy atom. The number of imidazole rings is 1. The van der Waals surface area contributed by atoms with E-state index in [0.29, 0.717) is 24.5 Å². The van der Waals surface area contributed by atoms with E-state index in [1.54, 1.807) is 12.1 Å². The molecule has 0 spiro atoms. The topological polar surface area (TPSA) is 43.8 Å². The van der Waals surface area contributed by atoms with E-state index >= 15 is 0 Å². The lowest BCUT2D eigenvalue weighted by molar-refractivity contribution is 0.627. The van der Waals surface area contributed by atoms with Gasteiger partial charge in [0, 0.05) is 13.1 Å². The smallest absolute Gasteiger partial charge is 0.144 e. The second-order valence-electron chi connectivity index (χ2n) is 4.34. The molecule has 0 fully saturated rings. The lowest BCUT2D eigenvalue weighted by Crippen LogP contribution is -2.11. The summed E-state index contributed by atoms with van der Waals surface area (Å²) in [5.74, 6) is 0.362. The third kappa shape index (κ3) is 2.00. The van der Waals surface area contributed by atoms with E-state index in [1.807, 2.05) is 34.9 Å². The molecule has 0 saturated heterocycles. The quantitative estimate of drug-likeness (QED) is 0.782. The molecule has 0 radical (unpaired) electrons. The van der Waals surface area contributed by atoms with Crippen molar-refractivity contribution >= 4 is 11.0 Å². The maximum absolute atomic E-state index is 13.9. The zero-order chi connectivity index (χ0) is 13.2. The van der Waals surface area contributed by atoms with Gasteiger partial charge in [0.05, 0.1) is 16.6 Å². The molecule has 1 heterocycles. The van der Waals surface area contributed by atoms with Gasteiger partial charge in [-0.3, -0.25) is 0 Å². The molecule has 0 saturated carbocycles. The SMILES string of the molecule is NCCn1c(-c2ccccc2F)nc2ccccc21. The summed E-state index contributed by atoms with van der Waals surface area (Å²) >= 11 is 0. The molecule has 0 aliphatic rings. The summed E-state index contributed by atoms with van der Waals surface area (Å²) in [5.41, 5.74) is 7.99. The van der Waals surface area contributed by atoms with Gasteiger partial charge in [-0.25, -0.2) is 9.37 Å². The number of halogens is 1. The summed E-state index contributed by atoms with van der Waals surface area (Å²) in [7, 11) is 0. The molecule has 1 aromatic heterocycles. The number of fused-ring (bicyclic) bond motifs is 1. The number of benzene rings is 2. The molecule has 0 bridgehead atoms. The molecule has 2 N–H and O–H groups in total. The van der Waals surface area contributed by atoms with Crippen molar-refractivity contribution in [1.29, 1.82) is 0 Å². The first-order chi connectivity index (χ1) is 9.31. The molecule has 0 aliphatic carbocycles. The van der Waals surface area contributed by atoms with Crippen LogP contribution in [0.25, 0.3) is 22.4 Å². The molecule has 3 rings (SSSR count). The first-order valence-corrected chi connectivity index (χ1v) is 6.21. The van der Waals surface area contributed by atoms with Gasteiger partial charge in [-0.05, 0) is 24.3 Å². The molecule has 0 atom stereocenters. The summed E-state index contributed by atoms with van der Waals surface area (Å²) in [4.78, 5) is 4.53. The van der Waals surface area contributed by atoms with Crippen molar-refractivity contribution in [2.45, 2.75) is 6.54 Å². The van der Waals surface area contributed by atoms with Crippen LogP contribution in [0.15, 0.2) is 48.5 Å². The number of hydrogen-bond acceptors (Lipinski definition) is 2. The standard InChI is InChI=1S/C15H14FN3/c16-12-6-2-1-5-11(12)15-18-13-7-3-4-8-14(13)19(15)10-9-17/h1-8H,9-10,17H2. The Hall–Kier alpha value is -2.20. The molecular weight excluding hydrogens is 241 g/mol. The lowest BCUT2D eigenvalue weighted by Gasteiger charge is -2.08. The summed E-state index contributed by atoms with van der Waals surface area (Å²) in [6.07, 6.45) is 0. The van der Waals surface area contributed by atoms with Crippen LogP contribution in [-0.4, -0.2) is 16.1 Å². The van der Waals surface area contributed by atoms with E-state index in [4.69, 9.17) is 5.73 Å². The fourth-order valence-corrected chi connectivity index (χ4v) is 2.28. The maximum Gasteiger partial charge on any atom is 0.144 e. The van der Waals surface area contributed by atoms with Gasteiger partial charge in [0.2, 0.25) is 0 Å². The molecule has 2 aromatic carbocycles. The van der Waals surface area contributed by atoms with Crippen LogP contribution < -0.4 is 5.73 Å². The van der Waals surface area contributed by atoms with Crippen LogP contribution >= 0.6 is 0 Å². The molecule has 19 heavy (non-hydrogen) atoms. The lowest BCUT2D eigenvalue weighted by atomic mass is 10.2. The van der Waals surface area contributed by atoms with Crippen molar-refractivity contribution in [1.82, 2.24) is 9.55 Å². The highest BCUT2D eigenvalue weighted by molar-refractivity contribution is 5.80. The van der Waals surface area contributed by atoms with Gasteiger partial charge in [-0.15, -0.1) is 0 Å². The summed E-state index contributed by atoms with van der Waals surface area (Å²) in [5, 5.41) is 0. The zero-order valence-electron chi connectivity index (χ0n) is 10.4. The van der Waals surface area contributed by atoms with E-state index in [2.05, 4.69) is 4.98 Å². The molecule has 4 heteroatoms. The van der Waals surface area contributed by atoms with E-state index in [0.717, 1.165) is 11.0 Å². The summed E-state index contributed by atoms with van der Waals surface area (Å²) in [6, 6.07) is 14.4. The van der Waals surface area contributed by atoms with Crippen LogP contribution in [0.4, 0.5) is 4.39 Å². The minimum atomic E-state index is -0.268. The molecule has 96 valence electrons. The second kappa shape index (κ2) is 4.82. The van der Waals surface area contributed by atoms with Crippen LogP contribution in [0.2, 0.25) is 0 Å². The van der Waals surface area contributed by atoms with Crippen molar-refractivity contribution in [3.05, 3.63) is 54.3 Å². The fraction of sp³-hybridized carbons (Fsp3) is 0.133. The third-order valence-electron chi connectivity index (χ3n) is 3.12. The minimum absolute atomic E-state index is 0.268. The average molecular weight is 255 g/mol. The van der Waals surface area contributed by atoms with Crippen molar-refractivity contribution < 1.29 is 4.39 Å². The first kappa shape index (κ1) is 11.9. The normalized spacial score (nSPS) is 11.1. The van der Waals surface area contributed by atoms with Crippen molar-refractivity contribution in [3.63, 3.8) is 0 Å². The Bertz CT molecular complexity index is 718. The molecule has 0 amide bonds. The van der Waals surface area contributed by atoms with Crippen LogP contribution in [0, 0.1) is 5.82 Å². The van der Waals surface area contributed by atoms with Gasteiger partial charge >= 0.3 is 0 Å². The van der Waals surface area contributed by atoms with Gasteiger partial charge in [-0.2, -0.15) is 0 Å².